The molecule has 0 heterocycles. The van der Waals surface area contributed by atoms with Gasteiger partial charge in [-0.25, -0.2) is 0 Å². The van der Waals surface area contributed by atoms with Gasteiger partial charge in [0.2, 0.25) is 5.91 Å². The summed E-state index contributed by atoms with van der Waals surface area (Å²) < 4.78 is 5.35. The smallest absolute Gasteiger partial charge is 0.246 e. The molecule has 2 N–H and O–H groups in total. The Kier molecular flexibility index (Phi) is 7.26. The molecule has 1 atom stereocenters. The minimum absolute atomic E-state index is 0. The molecule has 0 spiro atoms. The van der Waals surface area contributed by atoms with Crippen molar-refractivity contribution < 1.29 is 9.53 Å². The zero-order valence-corrected chi connectivity index (χ0v) is 15.2. The van der Waals surface area contributed by atoms with Crippen LogP contribution < -0.4 is 10.5 Å². The van der Waals surface area contributed by atoms with Crippen LogP contribution >= 0.6 is 12.4 Å². The van der Waals surface area contributed by atoms with Crippen molar-refractivity contribution in [2.75, 3.05) is 20.7 Å². The van der Waals surface area contributed by atoms with E-state index in [9.17, 15) is 4.79 Å². The lowest BCUT2D eigenvalue weighted by Crippen LogP contribution is -2.50. The second-order valence-corrected chi connectivity index (χ2v) is 5.86. The Balaban J connectivity index is 0.00000288. The molecule has 0 radical (unpaired) electrons. The van der Waals surface area contributed by atoms with Crippen LogP contribution in [0.1, 0.15) is 18.1 Å². The number of amides is 1. The van der Waals surface area contributed by atoms with Gasteiger partial charge in [0.05, 0.1) is 7.11 Å². The maximum Gasteiger partial charge on any atom is 0.246 e. The molecule has 0 bridgehead atoms. The number of nitrogens with zero attached hydrogens (tertiary/aromatic N) is 1. The molecule has 1 unspecified atom stereocenters. The SMILES string of the molecule is COc1ccccc1CCN(C)C(=O)C(C)(N)c1ccccc1.Cl. The number of carbonyl (C=O) groups is 1. The van der Waals surface area contributed by atoms with E-state index in [-0.39, 0.29) is 18.3 Å². The fourth-order valence-corrected chi connectivity index (χ4v) is 2.60. The lowest BCUT2D eigenvalue weighted by atomic mass is 9.91. The van der Waals surface area contributed by atoms with Gasteiger partial charge in [0.1, 0.15) is 11.3 Å². The molecule has 2 rings (SSSR count). The fraction of sp³-hybridized carbons (Fsp3) is 0.316. The van der Waals surface area contributed by atoms with Gasteiger partial charge in [0.25, 0.3) is 0 Å². The third-order valence-corrected chi connectivity index (χ3v) is 4.07. The van der Waals surface area contributed by atoms with Crippen molar-refractivity contribution in [1.29, 1.82) is 0 Å². The molecular formula is C19H25ClN2O2. The molecule has 130 valence electrons. The quantitative estimate of drug-likeness (QED) is 0.873. The number of rotatable bonds is 6. The summed E-state index contributed by atoms with van der Waals surface area (Å²) in [6.45, 7) is 2.34. The van der Waals surface area contributed by atoms with Gasteiger partial charge in [-0.2, -0.15) is 0 Å². The van der Waals surface area contributed by atoms with Gasteiger partial charge in [0, 0.05) is 13.6 Å². The maximum atomic E-state index is 12.7. The van der Waals surface area contributed by atoms with Crippen molar-refractivity contribution in [3.8, 4) is 5.75 Å². The topological polar surface area (TPSA) is 55.6 Å². The van der Waals surface area contributed by atoms with Crippen molar-refractivity contribution in [2.45, 2.75) is 18.9 Å². The first-order chi connectivity index (χ1) is 11.0. The van der Waals surface area contributed by atoms with Crippen molar-refractivity contribution >= 4 is 18.3 Å². The van der Waals surface area contributed by atoms with E-state index in [0.29, 0.717) is 6.54 Å². The Morgan fingerprint density at radius 1 is 1.12 bits per heavy atom. The third kappa shape index (κ3) is 4.49. The van der Waals surface area contributed by atoms with Crippen LogP contribution in [0.15, 0.2) is 54.6 Å². The highest BCUT2D eigenvalue weighted by molar-refractivity contribution is 5.86. The summed E-state index contributed by atoms with van der Waals surface area (Å²) in [5, 5.41) is 0. The summed E-state index contributed by atoms with van der Waals surface area (Å²) in [6.07, 6.45) is 0.719. The predicted octanol–water partition coefficient (Wildman–Crippen LogP) is 2.99. The molecule has 0 saturated heterocycles. The van der Waals surface area contributed by atoms with Crippen molar-refractivity contribution in [1.82, 2.24) is 4.90 Å². The van der Waals surface area contributed by atoms with Gasteiger partial charge >= 0.3 is 0 Å². The lowest BCUT2D eigenvalue weighted by Gasteiger charge is -2.29. The van der Waals surface area contributed by atoms with E-state index < -0.39 is 5.54 Å². The molecule has 24 heavy (non-hydrogen) atoms. The highest BCUT2D eigenvalue weighted by atomic mass is 35.5. The molecule has 0 aliphatic carbocycles. The van der Waals surface area contributed by atoms with Crippen LogP contribution in [0, 0.1) is 0 Å². The fourth-order valence-electron chi connectivity index (χ4n) is 2.60. The van der Waals surface area contributed by atoms with E-state index in [4.69, 9.17) is 10.5 Å². The molecule has 2 aromatic rings. The molecule has 0 saturated carbocycles. The van der Waals surface area contributed by atoms with Gasteiger partial charge in [-0.05, 0) is 30.5 Å². The predicted molar refractivity (Wildman–Crippen MR) is 99.6 cm³/mol. The first-order valence-electron chi connectivity index (χ1n) is 7.68. The number of nitrogens with two attached hydrogens (primary N) is 1. The average molecular weight is 349 g/mol. The number of halogens is 1. The van der Waals surface area contributed by atoms with Gasteiger partial charge < -0.3 is 15.4 Å². The summed E-state index contributed by atoms with van der Waals surface area (Å²) in [6, 6.07) is 17.3. The van der Waals surface area contributed by atoms with Crippen LogP contribution in [0.4, 0.5) is 0 Å². The van der Waals surface area contributed by atoms with Crippen LogP contribution in [0.25, 0.3) is 0 Å². The maximum absolute atomic E-state index is 12.7. The van der Waals surface area contributed by atoms with Crippen molar-refractivity contribution in [3.05, 3.63) is 65.7 Å². The second kappa shape index (κ2) is 8.71. The molecule has 0 aromatic heterocycles. The van der Waals surface area contributed by atoms with Crippen LogP contribution in [-0.4, -0.2) is 31.5 Å². The van der Waals surface area contributed by atoms with Crippen molar-refractivity contribution in [2.24, 2.45) is 5.73 Å². The van der Waals surface area contributed by atoms with Gasteiger partial charge in [-0.3, -0.25) is 4.79 Å². The zero-order valence-electron chi connectivity index (χ0n) is 14.4. The number of methoxy groups -OCH3 is 1. The summed E-state index contributed by atoms with van der Waals surface area (Å²) in [7, 11) is 3.44. The molecule has 5 heteroatoms. The number of hydrogen-bond acceptors (Lipinski definition) is 3. The largest absolute Gasteiger partial charge is 0.496 e. The summed E-state index contributed by atoms with van der Waals surface area (Å²) in [5.41, 5.74) is 7.15. The monoisotopic (exact) mass is 348 g/mol. The van der Waals surface area contributed by atoms with Crippen LogP contribution in [0.3, 0.4) is 0 Å². The van der Waals surface area contributed by atoms with Crippen molar-refractivity contribution in [3.63, 3.8) is 0 Å². The van der Waals surface area contributed by atoms with E-state index in [0.717, 1.165) is 23.3 Å². The summed E-state index contributed by atoms with van der Waals surface area (Å²) in [4.78, 5) is 14.4. The first-order valence-corrected chi connectivity index (χ1v) is 7.68. The average Bonchev–Trinajstić information content (AvgIpc) is 2.59. The van der Waals surface area contributed by atoms with Gasteiger partial charge in [-0.1, -0.05) is 48.5 Å². The Labute approximate surface area is 150 Å². The Hall–Kier alpha value is -2.04. The van der Waals surface area contributed by atoms with E-state index in [1.807, 2.05) is 54.6 Å². The molecule has 0 aliphatic rings. The molecule has 1 amide bonds. The lowest BCUT2D eigenvalue weighted by molar-refractivity contribution is -0.135. The van der Waals surface area contributed by atoms with E-state index >= 15 is 0 Å². The highest BCUT2D eigenvalue weighted by Crippen LogP contribution is 2.21. The van der Waals surface area contributed by atoms with Crippen LogP contribution in [0.2, 0.25) is 0 Å². The standard InChI is InChI=1S/C19H24N2O2.ClH/c1-19(20,16-10-5-4-6-11-16)18(22)21(2)14-13-15-9-7-8-12-17(15)23-3;/h4-12H,13-14,20H2,1-3H3;1H. The molecule has 0 aliphatic heterocycles. The van der Waals surface area contributed by atoms with Crippen LogP contribution in [-0.2, 0) is 16.8 Å². The molecule has 0 fully saturated rings. The molecule has 2 aromatic carbocycles. The number of para-hydroxylation sites is 1. The van der Waals surface area contributed by atoms with E-state index in [1.165, 1.54) is 0 Å². The van der Waals surface area contributed by atoms with Gasteiger partial charge in [0.15, 0.2) is 0 Å². The normalized spacial score (nSPS) is 12.7. The van der Waals surface area contributed by atoms with E-state index in [1.54, 1.807) is 26.0 Å². The zero-order chi connectivity index (χ0) is 16.9. The minimum Gasteiger partial charge on any atom is -0.496 e. The number of ether oxygens (including phenoxy) is 1. The second-order valence-electron chi connectivity index (χ2n) is 5.86. The number of hydrogen-bond donors (Lipinski definition) is 1. The summed E-state index contributed by atoms with van der Waals surface area (Å²) in [5.74, 6) is 0.741. The number of likely N-dealkylation sites (N-methyl/N-ethyl adjacent to an activating group) is 1. The van der Waals surface area contributed by atoms with Crippen LogP contribution in [0.5, 0.6) is 5.75 Å². The number of carbonyl (C=O) groups excluding carboxylic acids is 1. The third-order valence-electron chi connectivity index (χ3n) is 4.07. The Bertz CT molecular complexity index is 659. The number of benzene rings is 2. The van der Waals surface area contributed by atoms with E-state index in [2.05, 4.69) is 0 Å². The highest BCUT2D eigenvalue weighted by Gasteiger charge is 2.32. The minimum atomic E-state index is -1.03. The summed E-state index contributed by atoms with van der Waals surface area (Å²) >= 11 is 0. The molecular weight excluding hydrogens is 324 g/mol. The first kappa shape index (κ1) is 20.0. The Morgan fingerprint density at radius 2 is 1.71 bits per heavy atom. The molecule has 4 nitrogen and oxygen atoms in total. The van der Waals surface area contributed by atoms with Gasteiger partial charge in [-0.15, -0.1) is 12.4 Å². The Morgan fingerprint density at radius 3 is 2.33 bits per heavy atom.